The fraction of sp³-hybridized carbons (Fsp3) is 0.700. The molecule has 0 aromatic rings. The fourth-order valence-corrected chi connectivity index (χ4v) is 1.80. The molecule has 1 saturated heterocycles. The maximum Gasteiger partial charge on any atom is 0.212 e. The lowest BCUT2D eigenvalue weighted by Gasteiger charge is -2.28. The van der Waals surface area contributed by atoms with E-state index < -0.39 is 0 Å². The summed E-state index contributed by atoms with van der Waals surface area (Å²) in [4.78, 5) is 11.5. The van der Waals surface area contributed by atoms with Gasteiger partial charge in [0.2, 0.25) is 5.78 Å². The van der Waals surface area contributed by atoms with Crippen LogP contribution in [0.2, 0.25) is 0 Å². The molecule has 2 nitrogen and oxygen atoms in total. The van der Waals surface area contributed by atoms with Gasteiger partial charge < -0.3 is 5.32 Å². The van der Waals surface area contributed by atoms with Crippen LogP contribution in [0.5, 0.6) is 0 Å². The molecule has 0 bridgehead atoms. The molecule has 1 fully saturated rings. The van der Waals surface area contributed by atoms with Gasteiger partial charge in [-0.15, -0.1) is 6.42 Å². The zero-order valence-corrected chi connectivity index (χ0v) is 7.68. The summed E-state index contributed by atoms with van der Waals surface area (Å²) in [6.45, 7) is 5.77. The summed E-state index contributed by atoms with van der Waals surface area (Å²) >= 11 is 0. The van der Waals surface area contributed by atoms with Gasteiger partial charge in [-0.2, -0.15) is 0 Å². The number of terminal acetylenes is 1. The van der Waals surface area contributed by atoms with Crippen molar-refractivity contribution in [2.24, 2.45) is 11.3 Å². The van der Waals surface area contributed by atoms with E-state index in [-0.39, 0.29) is 11.2 Å². The number of Topliss-reactive ketones (excluding diaryl/α,β-unsaturated/α-hetero) is 1. The van der Waals surface area contributed by atoms with Crippen molar-refractivity contribution < 1.29 is 4.79 Å². The van der Waals surface area contributed by atoms with E-state index >= 15 is 0 Å². The van der Waals surface area contributed by atoms with Gasteiger partial charge in [-0.25, -0.2) is 0 Å². The highest BCUT2D eigenvalue weighted by molar-refractivity contribution is 6.00. The SMILES string of the molecule is C#CC(=O)C1(C(C)C)CCNC1. The zero-order valence-electron chi connectivity index (χ0n) is 7.68. The van der Waals surface area contributed by atoms with Crippen LogP contribution in [0.15, 0.2) is 0 Å². The maximum absolute atomic E-state index is 11.5. The van der Waals surface area contributed by atoms with Gasteiger partial charge in [0.05, 0.1) is 5.41 Å². The van der Waals surface area contributed by atoms with E-state index in [9.17, 15) is 4.79 Å². The van der Waals surface area contributed by atoms with Gasteiger partial charge >= 0.3 is 0 Å². The average molecular weight is 165 g/mol. The monoisotopic (exact) mass is 165 g/mol. The molecule has 2 heteroatoms. The molecular weight excluding hydrogens is 150 g/mol. The van der Waals surface area contributed by atoms with Gasteiger partial charge in [0.15, 0.2) is 0 Å². The minimum atomic E-state index is -0.283. The van der Waals surface area contributed by atoms with Crippen LogP contribution in [0, 0.1) is 23.7 Å². The Hall–Kier alpha value is -0.810. The second-order valence-electron chi connectivity index (χ2n) is 3.71. The molecule has 0 aromatic heterocycles. The number of nitrogens with one attached hydrogen (secondary N) is 1. The minimum Gasteiger partial charge on any atom is -0.316 e. The number of carbonyl (C=O) groups excluding carboxylic acids is 1. The van der Waals surface area contributed by atoms with Crippen LogP contribution < -0.4 is 5.32 Å². The lowest BCUT2D eigenvalue weighted by molar-refractivity contribution is -0.124. The molecule has 0 amide bonds. The second-order valence-corrected chi connectivity index (χ2v) is 3.71. The Balaban J connectivity index is 2.88. The van der Waals surface area contributed by atoms with Crippen molar-refractivity contribution in [3.05, 3.63) is 0 Å². The van der Waals surface area contributed by atoms with Gasteiger partial charge in [-0.05, 0) is 24.8 Å². The first-order valence-electron chi connectivity index (χ1n) is 4.35. The Kier molecular flexibility index (Phi) is 2.54. The van der Waals surface area contributed by atoms with E-state index in [1.807, 2.05) is 0 Å². The third kappa shape index (κ3) is 1.25. The number of hydrogen-bond acceptors (Lipinski definition) is 2. The van der Waals surface area contributed by atoms with Crippen molar-refractivity contribution in [2.45, 2.75) is 20.3 Å². The van der Waals surface area contributed by atoms with Gasteiger partial charge in [0, 0.05) is 6.54 Å². The molecule has 0 aromatic carbocycles. The van der Waals surface area contributed by atoms with E-state index in [0.29, 0.717) is 5.92 Å². The molecule has 1 aliphatic rings. The largest absolute Gasteiger partial charge is 0.316 e. The molecule has 66 valence electrons. The summed E-state index contributed by atoms with van der Waals surface area (Å²) < 4.78 is 0. The molecule has 0 spiro atoms. The van der Waals surface area contributed by atoms with Gasteiger partial charge in [0.1, 0.15) is 0 Å². The number of rotatable bonds is 2. The molecule has 1 unspecified atom stereocenters. The predicted octanol–water partition coefficient (Wildman–Crippen LogP) is 0.824. The summed E-state index contributed by atoms with van der Waals surface area (Å²) in [5, 5.41) is 3.19. The molecule has 1 N–H and O–H groups in total. The molecule has 0 radical (unpaired) electrons. The van der Waals surface area contributed by atoms with Gasteiger partial charge in [0.25, 0.3) is 0 Å². The number of carbonyl (C=O) groups is 1. The Morgan fingerprint density at radius 3 is 2.67 bits per heavy atom. The average Bonchev–Trinajstić information content (AvgIpc) is 2.52. The normalized spacial score (nSPS) is 28.8. The predicted molar refractivity (Wildman–Crippen MR) is 48.6 cm³/mol. The van der Waals surface area contributed by atoms with Crippen molar-refractivity contribution in [3.63, 3.8) is 0 Å². The van der Waals surface area contributed by atoms with Crippen molar-refractivity contribution >= 4 is 5.78 Å². The Morgan fingerprint density at radius 1 is 1.67 bits per heavy atom. The third-order valence-electron chi connectivity index (χ3n) is 2.88. The molecular formula is C10H15NO. The highest BCUT2D eigenvalue weighted by Gasteiger charge is 2.42. The van der Waals surface area contributed by atoms with E-state index in [1.54, 1.807) is 0 Å². The van der Waals surface area contributed by atoms with Crippen LogP contribution in [-0.4, -0.2) is 18.9 Å². The van der Waals surface area contributed by atoms with Gasteiger partial charge in [-0.3, -0.25) is 4.79 Å². The summed E-state index contributed by atoms with van der Waals surface area (Å²) in [5.41, 5.74) is -0.283. The maximum atomic E-state index is 11.5. The summed E-state index contributed by atoms with van der Waals surface area (Å²) in [5.74, 6) is 2.54. The topological polar surface area (TPSA) is 29.1 Å². The molecule has 1 aliphatic heterocycles. The van der Waals surface area contributed by atoms with E-state index in [1.165, 1.54) is 0 Å². The van der Waals surface area contributed by atoms with Crippen LogP contribution in [0.25, 0.3) is 0 Å². The lowest BCUT2D eigenvalue weighted by Crippen LogP contribution is -2.37. The highest BCUT2D eigenvalue weighted by atomic mass is 16.1. The van der Waals surface area contributed by atoms with Crippen molar-refractivity contribution in [2.75, 3.05) is 13.1 Å². The molecule has 1 heterocycles. The first-order valence-corrected chi connectivity index (χ1v) is 4.35. The van der Waals surface area contributed by atoms with Crippen molar-refractivity contribution in [1.29, 1.82) is 0 Å². The molecule has 0 aliphatic carbocycles. The van der Waals surface area contributed by atoms with Crippen LogP contribution in [0.4, 0.5) is 0 Å². The Bertz CT molecular complexity index is 218. The summed E-state index contributed by atoms with van der Waals surface area (Å²) in [6, 6.07) is 0. The van der Waals surface area contributed by atoms with Crippen LogP contribution >= 0.6 is 0 Å². The first-order chi connectivity index (χ1) is 5.63. The highest BCUT2D eigenvalue weighted by Crippen LogP contribution is 2.34. The third-order valence-corrected chi connectivity index (χ3v) is 2.88. The number of hydrogen-bond donors (Lipinski definition) is 1. The Labute approximate surface area is 73.7 Å². The van der Waals surface area contributed by atoms with Gasteiger partial charge in [-0.1, -0.05) is 13.8 Å². The van der Waals surface area contributed by atoms with Crippen molar-refractivity contribution in [1.82, 2.24) is 5.32 Å². The lowest BCUT2D eigenvalue weighted by atomic mass is 9.73. The van der Waals surface area contributed by atoms with Crippen LogP contribution in [0.1, 0.15) is 20.3 Å². The van der Waals surface area contributed by atoms with Crippen molar-refractivity contribution in [3.8, 4) is 12.3 Å². The quantitative estimate of drug-likeness (QED) is 0.485. The number of ketones is 1. The minimum absolute atomic E-state index is 0.0394. The molecule has 1 rings (SSSR count). The molecule has 12 heavy (non-hydrogen) atoms. The summed E-state index contributed by atoms with van der Waals surface area (Å²) in [6.07, 6.45) is 6.03. The first kappa shape index (κ1) is 9.28. The van der Waals surface area contributed by atoms with Crippen LogP contribution in [0.3, 0.4) is 0 Å². The standard InChI is InChI=1S/C10H15NO/c1-4-9(12)10(8(2)3)5-6-11-7-10/h1,8,11H,5-7H2,2-3H3. The second kappa shape index (κ2) is 3.28. The molecule has 0 saturated carbocycles. The van der Waals surface area contributed by atoms with E-state index in [4.69, 9.17) is 6.42 Å². The Morgan fingerprint density at radius 2 is 2.33 bits per heavy atom. The smallest absolute Gasteiger partial charge is 0.212 e. The zero-order chi connectivity index (χ0) is 9.19. The summed E-state index contributed by atoms with van der Waals surface area (Å²) in [7, 11) is 0. The van der Waals surface area contributed by atoms with Crippen LogP contribution in [-0.2, 0) is 4.79 Å². The van der Waals surface area contributed by atoms with E-state index in [0.717, 1.165) is 19.5 Å². The van der Waals surface area contributed by atoms with E-state index in [2.05, 4.69) is 25.1 Å². The molecule has 1 atom stereocenters. The fourth-order valence-electron chi connectivity index (χ4n) is 1.80.